The first-order valence-corrected chi connectivity index (χ1v) is 13.4. The molecule has 12 nitrogen and oxygen atoms in total. The van der Waals surface area contributed by atoms with Crippen LogP contribution >= 0.6 is 7.75 Å². The van der Waals surface area contributed by atoms with Crippen LogP contribution in [0.5, 0.6) is 5.75 Å². The van der Waals surface area contributed by atoms with Gasteiger partial charge in [0, 0.05) is 0 Å². The number of aliphatic hydroxyl groups excluding tert-OH is 1. The Hall–Kier alpha value is -2.97. The summed E-state index contributed by atoms with van der Waals surface area (Å²) in [6.45, 7) is 3.83. The van der Waals surface area contributed by atoms with Crippen LogP contribution in [0.2, 0.25) is 0 Å². The minimum absolute atomic E-state index is 0.0505. The number of rotatable bonds is 11. The molecule has 0 aliphatic carbocycles. The maximum atomic E-state index is 15.7. The van der Waals surface area contributed by atoms with Crippen molar-refractivity contribution >= 4 is 13.7 Å². The smallest absolute Gasteiger partial charge is 0.459 e. The number of halogens is 3. The Labute approximate surface area is 220 Å². The number of carbonyl (C=O) groups is 1. The molecule has 1 aliphatic heterocycles. The van der Waals surface area contributed by atoms with Gasteiger partial charge in [0.15, 0.2) is 6.23 Å². The predicted octanol–water partition coefficient (Wildman–Crippen LogP) is 2.13. The normalized spacial score (nSPS) is 26.1. The van der Waals surface area contributed by atoms with Crippen LogP contribution in [0.1, 0.15) is 33.9 Å². The molecule has 216 valence electrons. The number of alkyl halides is 2. The number of nitrogens with zero attached hydrogens (tertiary/aromatic N) is 1. The first-order chi connectivity index (χ1) is 18.2. The van der Waals surface area contributed by atoms with Gasteiger partial charge in [0.2, 0.25) is 11.5 Å². The SMILES string of the molecule is CC(C)OC(=O)[C@H](C)N[P@@](=O)(Oc1ccccc1)O[C@@H](C)[C@H]1O[C@@H](n2cc(F)c(=O)[nH]c2=O)[C@@](F)(CF)C1O. The molecule has 0 radical (unpaired) electrons. The van der Waals surface area contributed by atoms with E-state index in [2.05, 4.69) is 5.09 Å². The standard InChI is InChI=1S/C23H29F3N3O9P/c1-12(2)35-20(32)13(3)28-39(34,38-15-8-6-5-7-9-15)37-14(4)17-18(30)23(26,11-24)21(36-17)29-10-16(25)19(31)27-22(29)33/h5-10,12-14,17-18,21,30H,11H2,1-4H3,(H,28,34)(H,27,31,33)/t13-,14-,17+,18?,21+,23+,39-/m0/s1. The van der Waals surface area contributed by atoms with E-state index in [0.717, 1.165) is 0 Å². The summed E-state index contributed by atoms with van der Waals surface area (Å²) >= 11 is 0. The second-order valence-corrected chi connectivity index (χ2v) is 10.8. The minimum Gasteiger partial charge on any atom is -0.462 e. The van der Waals surface area contributed by atoms with Crippen molar-refractivity contribution in [1.29, 1.82) is 0 Å². The maximum absolute atomic E-state index is 15.7. The number of aromatic amines is 1. The second kappa shape index (κ2) is 12.0. The number of aliphatic hydroxyl groups is 1. The van der Waals surface area contributed by atoms with E-state index in [9.17, 15) is 32.8 Å². The molecule has 2 heterocycles. The lowest BCUT2D eigenvalue weighted by atomic mass is 9.95. The molecule has 1 fully saturated rings. The van der Waals surface area contributed by atoms with Crippen LogP contribution in [0.15, 0.2) is 46.1 Å². The van der Waals surface area contributed by atoms with Crippen molar-refractivity contribution in [2.75, 3.05) is 6.67 Å². The predicted molar refractivity (Wildman–Crippen MR) is 130 cm³/mol. The first kappa shape index (κ1) is 30.6. The summed E-state index contributed by atoms with van der Waals surface area (Å²) in [5, 5.41) is 13.1. The average Bonchev–Trinajstić information content (AvgIpc) is 3.12. The van der Waals surface area contributed by atoms with Crippen LogP contribution in [0.3, 0.4) is 0 Å². The van der Waals surface area contributed by atoms with Gasteiger partial charge in [-0.05, 0) is 39.8 Å². The van der Waals surface area contributed by atoms with Gasteiger partial charge in [0.25, 0.3) is 5.56 Å². The Morgan fingerprint density at radius 1 is 1.26 bits per heavy atom. The fraction of sp³-hybridized carbons (Fsp3) is 0.522. The molecule has 1 unspecified atom stereocenters. The van der Waals surface area contributed by atoms with E-state index in [1.54, 1.807) is 37.0 Å². The van der Waals surface area contributed by atoms with Gasteiger partial charge in [0.1, 0.15) is 30.7 Å². The highest BCUT2D eigenvalue weighted by Crippen LogP contribution is 2.49. The highest BCUT2D eigenvalue weighted by Gasteiger charge is 2.61. The van der Waals surface area contributed by atoms with E-state index in [-0.39, 0.29) is 10.3 Å². The van der Waals surface area contributed by atoms with Gasteiger partial charge in [-0.2, -0.15) is 9.48 Å². The van der Waals surface area contributed by atoms with Gasteiger partial charge in [-0.1, -0.05) is 18.2 Å². The molecule has 1 saturated heterocycles. The fourth-order valence-corrected chi connectivity index (χ4v) is 5.49. The van der Waals surface area contributed by atoms with Crippen LogP contribution in [0.25, 0.3) is 0 Å². The van der Waals surface area contributed by atoms with Crippen molar-refractivity contribution in [3.8, 4) is 5.75 Å². The van der Waals surface area contributed by atoms with Gasteiger partial charge in [-0.15, -0.1) is 0 Å². The van der Waals surface area contributed by atoms with Crippen molar-refractivity contribution < 1.29 is 46.2 Å². The summed E-state index contributed by atoms with van der Waals surface area (Å²) in [7, 11) is -4.53. The summed E-state index contributed by atoms with van der Waals surface area (Å²) < 4.78 is 79.0. The first-order valence-electron chi connectivity index (χ1n) is 11.8. The molecule has 0 amide bonds. The Morgan fingerprint density at radius 2 is 1.90 bits per heavy atom. The highest BCUT2D eigenvalue weighted by molar-refractivity contribution is 7.52. The zero-order valence-electron chi connectivity index (χ0n) is 21.4. The maximum Gasteiger partial charge on any atom is 0.459 e. The molecule has 0 saturated carbocycles. The molecule has 1 aromatic heterocycles. The molecule has 1 aliphatic rings. The number of ether oxygens (including phenoxy) is 2. The van der Waals surface area contributed by atoms with Gasteiger partial charge >= 0.3 is 19.4 Å². The molecule has 39 heavy (non-hydrogen) atoms. The van der Waals surface area contributed by atoms with Gasteiger partial charge in [0.05, 0.1) is 18.4 Å². The number of esters is 1. The van der Waals surface area contributed by atoms with E-state index in [1.165, 1.54) is 26.0 Å². The van der Waals surface area contributed by atoms with Crippen LogP contribution in [0, 0.1) is 5.82 Å². The van der Waals surface area contributed by atoms with Crippen molar-refractivity contribution in [3.05, 3.63) is 63.2 Å². The second-order valence-electron chi connectivity index (χ2n) is 9.15. The summed E-state index contributed by atoms with van der Waals surface area (Å²) in [6.07, 6.45) is -8.07. The molecular formula is C23H29F3N3O9P. The van der Waals surface area contributed by atoms with Crippen LogP contribution in [-0.2, 0) is 23.4 Å². The molecule has 3 N–H and O–H groups in total. The zero-order valence-corrected chi connectivity index (χ0v) is 22.3. The van der Waals surface area contributed by atoms with Crippen molar-refractivity contribution in [1.82, 2.24) is 14.6 Å². The quantitative estimate of drug-likeness (QED) is 0.266. The Balaban J connectivity index is 1.91. The number of H-pyrrole nitrogens is 1. The third kappa shape index (κ3) is 6.79. The minimum atomic E-state index is -4.53. The fourth-order valence-electron chi connectivity index (χ4n) is 3.80. The average molecular weight is 579 g/mol. The molecule has 7 atom stereocenters. The summed E-state index contributed by atoms with van der Waals surface area (Å²) in [5.41, 5.74) is -6.04. The van der Waals surface area contributed by atoms with Crippen LogP contribution in [-0.4, -0.2) is 63.4 Å². The molecular weight excluding hydrogens is 550 g/mol. The molecule has 2 aromatic rings. The van der Waals surface area contributed by atoms with Crippen molar-refractivity contribution in [2.24, 2.45) is 0 Å². The number of aromatic nitrogens is 2. The largest absolute Gasteiger partial charge is 0.462 e. The number of hydrogen-bond donors (Lipinski definition) is 3. The van der Waals surface area contributed by atoms with Crippen molar-refractivity contribution in [3.63, 3.8) is 0 Å². The van der Waals surface area contributed by atoms with Gasteiger partial charge < -0.3 is 19.1 Å². The lowest BCUT2D eigenvalue weighted by Crippen LogP contribution is -2.49. The van der Waals surface area contributed by atoms with E-state index >= 15 is 4.39 Å². The van der Waals surface area contributed by atoms with Gasteiger partial charge in [-0.25, -0.2) is 18.1 Å². The number of nitrogens with one attached hydrogen (secondary N) is 2. The number of hydrogen-bond acceptors (Lipinski definition) is 9. The summed E-state index contributed by atoms with van der Waals surface area (Å²) in [5.74, 6) is -2.24. The monoisotopic (exact) mass is 579 g/mol. The number of para-hydroxylation sites is 1. The molecule has 0 bridgehead atoms. The highest BCUT2D eigenvalue weighted by atomic mass is 31.2. The van der Waals surface area contributed by atoms with Crippen LogP contribution < -0.4 is 20.9 Å². The number of carbonyl (C=O) groups excluding carboxylic acids is 1. The van der Waals surface area contributed by atoms with Crippen LogP contribution in [0.4, 0.5) is 13.2 Å². The topological polar surface area (TPSA) is 158 Å². The number of benzene rings is 1. The molecule has 16 heteroatoms. The van der Waals surface area contributed by atoms with E-state index < -0.39 is 79.8 Å². The van der Waals surface area contributed by atoms with E-state index in [1.807, 2.05) is 0 Å². The van der Waals surface area contributed by atoms with Gasteiger partial charge in [-0.3, -0.25) is 23.7 Å². The zero-order chi connectivity index (χ0) is 29.1. The molecule has 0 spiro atoms. The van der Waals surface area contributed by atoms with E-state index in [4.69, 9.17) is 18.5 Å². The third-order valence-corrected chi connectivity index (χ3v) is 7.44. The summed E-state index contributed by atoms with van der Waals surface area (Å²) in [4.78, 5) is 37.5. The third-order valence-electron chi connectivity index (χ3n) is 5.67. The lowest BCUT2D eigenvalue weighted by Gasteiger charge is -2.29. The molecule has 1 aromatic carbocycles. The lowest BCUT2D eigenvalue weighted by molar-refractivity contribution is -0.149. The van der Waals surface area contributed by atoms with Crippen molar-refractivity contribution in [2.45, 2.75) is 70.0 Å². The van der Waals surface area contributed by atoms with E-state index in [0.29, 0.717) is 6.20 Å². The summed E-state index contributed by atoms with van der Waals surface area (Å²) in [6, 6.07) is 6.42. The molecule has 3 rings (SSSR count). The Morgan fingerprint density at radius 3 is 2.49 bits per heavy atom. The Bertz CT molecular complexity index is 1330. The Kier molecular flexibility index (Phi) is 9.44.